The first-order chi connectivity index (χ1) is 13.4. The third kappa shape index (κ3) is 5.33. The Bertz CT molecular complexity index is 953. The molecule has 0 radical (unpaired) electrons. The second kappa shape index (κ2) is 9.21. The smallest absolute Gasteiger partial charge is 0.237 e. The zero-order valence-corrected chi connectivity index (χ0v) is 18.1. The number of hydrogen-bond donors (Lipinski definition) is 2. The van der Waals surface area contributed by atoms with Gasteiger partial charge in [-0.05, 0) is 68.1 Å². The summed E-state index contributed by atoms with van der Waals surface area (Å²) >= 11 is 2.85. The molecule has 0 saturated carbocycles. The summed E-state index contributed by atoms with van der Waals surface area (Å²) in [6.07, 6.45) is 0.982. The van der Waals surface area contributed by atoms with Crippen molar-refractivity contribution in [1.82, 2.24) is 10.2 Å². The molecule has 0 saturated heterocycles. The van der Waals surface area contributed by atoms with E-state index in [-0.39, 0.29) is 11.2 Å². The Kier molecular flexibility index (Phi) is 6.70. The molecule has 2 aromatic carbocycles. The van der Waals surface area contributed by atoms with Crippen LogP contribution in [0.1, 0.15) is 30.5 Å². The molecule has 5 nitrogen and oxygen atoms in total. The molecule has 2 N–H and O–H groups in total. The molecular weight excluding hydrogens is 388 g/mol. The molecule has 1 aromatic heterocycles. The predicted molar refractivity (Wildman–Crippen MR) is 119 cm³/mol. The fourth-order valence-corrected chi connectivity index (χ4v) is 4.44. The first kappa shape index (κ1) is 20.4. The molecule has 3 aromatic rings. The van der Waals surface area contributed by atoms with Gasteiger partial charge in [-0.1, -0.05) is 48.2 Å². The van der Waals surface area contributed by atoms with Crippen molar-refractivity contribution in [2.75, 3.05) is 10.6 Å². The van der Waals surface area contributed by atoms with Gasteiger partial charge in [0.2, 0.25) is 11.0 Å². The Morgan fingerprint density at radius 1 is 1.07 bits per heavy atom. The van der Waals surface area contributed by atoms with E-state index >= 15 is 0 Å². The van der Waals surface area contributed by atoms with Gasteiger partial charge < -0.3 is 10.6 Å². The van der Waals surface area contributed by atoms with Crippen LogP contribution in [0.2, 0.25) is 0 Å². The van der Waals surface area contributed by atoms with Crippen LogP contribution in [0.15, 0.2) is 46.8 Å². The summed E-state index contributed by atoms with van der Waals surface area (Å²) in [7, 11) is 0. The van der Waals surface area contributed by atoms with E-state index in [1.54, 1.807) is 0 Å². The average molecular weight is 413 g/mol. The first-order valence-corrected chi connectivity index (χ1v) is 10.9. The van der Waals surface area contributed by atoms with Crippen LogP contribution in [0, 0.1) is 13.8 Å². The van der Waals surface area contributed by atoms with Crippen LogP contribution in [-0.4, -0.2) is 21.4 Å². The molecule has 0 fully saturated rings. The monoisotopic (exact) mass is 412 g/mol. The van der Waals surface area contributed by atoms with Gasteiger partial charge in [0.05, 0.1) is 5.25 Å². The fourth-order valence-electron chi connectivity index (χ4n) is 2.52. The van der Waals surface area contributed by atoms with Gasteiger partial charge in [-0.2, -0.15) is 0 Å². The van der Waals surface area contributed by atoms with Crippen LogP contribution >= 0.6 is 23.1 Å². The molecule has 1 amide bonds. The lowest BCUT2D eigenvalue weighted by Crippen LogP contribution is -2.22. The van der Waals surface area contributed by atoms with E-state index in [1.165, 1.54) is 39.8 Å². The Morgan fingerprint density at radius 3 is 2.46 bits per heavy atom. The average Bonchev–Trinajstić information content (AvgIpc) is 3.12. The number of amides is 1. The number of carbonyl (C=O) groups is 1. The van der Waals surface area contributed by atoms with Crippen molar-refractivity contribution in [2.24, 2.45) is 0 Å². The van der Waals surface area contributed by atoms with Crippen molar-refractivity contribution in [3.05, 3.63) is 59.2 Å². The number of nitrogens with one attached hydrogen (secondary N) is 2. The zero-order chi connectivity index (χ0) is 20.1. The molecule has 0 aliphatic heterocycles. The number of benzene rings is 2. The van der Waals surface area contributed by atoms with Crippen LogP contribution in [0.25, 0.3) is 0 Å². The largest absolute Gasteiger partial charge is 0.330 e. The molecule has 0 spiro atoms. The molecule has 28 heavy (non-hydrogen) atoms. The van der Waals surface area contributed by atoms with Crippen LogP contribution in [0.4, 0.5) is 16.5 Å². The highest BCUT2D eigenvalue weighted by Crippen LogP contribution is 2.31. The Labute approximate surface area is 174 Å². The second-order valence-corrected chi connectivity index (χ2v) is 9.16. The molecule has 0 bridgehead atoms. The molecule has 1 heterocycles. The van der Waals surface area contributed by atoms with Crippen LogP contribution in [0.3, 0.4) is 0 Å². The van der Waals surface area contributed by atoms with Crippen LogP contribution in [0.5, 0.6) is 0 Å². The van der Waals surface area contributed by atoms with E-state index in [0.29, 0.717) is 5.13 Å². The highest BCUT2D eigenvalue weighted by atomic mass is 32.2. The van der Waals surface area contributed by atoms with Crippen molar-refractivity contribution >= 4 is 45.5 Å². The summed E-state index contributed by atoms with van der Waals surface area (Å²) in [5.41, 5.74) is 5.52. The zero-order valence-electron chi connectivity index (χ0n) is 16.4. The topological polar surface area (TPSA) is 66.9 Å². The molecular formula is C21H24N4OS2. The van der Waals surface area contributed by atoms with E-state index in [1.807, 2.05) is 37.3 Å². The molecule has 7 heteroatoms. The van der Waals surface area contributed by atoms with E-state index in [4.69, 9.17) is 0 Å². The summed E-state index contributed by atoms with van der Waals surface area (Å²) in [6, 6.07) is 14.1. The minimum absolute atomic E-state index is 0.0480. The van der Waals surface area contributed by atoms with E-state index in [0.717, 1.165) is 22.1 Å². The van der Waals surface area contributed by atoms with Gasteiger partial charge in [0.1, 0.15) is 0 Å². The number of hydrogen-bond acceptors (Lipinski definition) is 6. The number of carbonyl (C=O) groups excluding carboxylic acids is 1. The predicted octanol–water partition coefficient (Wildman–Crippen LogP) is 5.58. The van der Waals surface area contributed by atoms with E-state index in [2.05, 4.69) is 53.7 Å². The third-order valence-corrected chi connectivity index (χ3v) is 6.46. The normalized spacial score (nSPS) is 11.9. The SMILES string of the molecule is CCc1ccc(NC(=O)[C@@H](C)Sc2nnc(Nc3ccc(C)c(C)c3)s2)cc1. The second-order valence-electron chi connectivity index (χ2n) is 6.60. The molecule has 0 aliphatic carbocycles. The maximum atomic E-state index is 12.4. The number of rotatable bonds is 7. The van der Waals surface area contributed by atoms with Crippen molar-refractivity contribution < 1.29 is 4.79 Å². The van der Waals surface area contributed by atoms with Crippen LogP contribution < -0.4 is 10.6 Å². The minimum atomic E-state index is -0.270. The van der Waals surface area contributed by atoms with Gasteiger partial charge >= 0.3 is 0 Å². The summed E-state index contributed by atoms with van der Waals surface area (Å²) in [6.45, 7) is 8.15. The van der Waals surface area contributed by atoms with Crippen molar-refractivity contribution in [1.29, 1.82) is 0 Å². The van der Waals surface area contributed by atoms with Gasteiger partial charge in [0.25, 0.3) is 0 Å². The Morgan fingerprint density at radius 2 is 1.79 bits per heavy atom. The number of thioether (sulfide) groups is 1. The lowest BCUT2D eigenvalue weighted by atomic mass is 10.1. The van der Waals surface area contributed by atoms with E-state index in [9.17, 15) is 4.79 Å². The minimum Gasteiger partial charge on any atom is -0.330 e. The molecule has 0 aliphatic rings. The van der Waals surface area contributed by atoms with Crippen LogP contribution in [-0.2, 0) is 11.2 Å². The molecule has 3 rings (SSSR count). The summed E-state index contributed by atoms with van der Waals surface area (Å²) < 4.78 is 0.760. The molecule has 0 unspecified atom stereocenters. The Balaban J connectivity index is 1.57. The van der Waals surface area contributed by atoms with Gasteiger partial charge in [-0.15, -0.1) is 10.2 Å². The highest BCUT2D eigenvalue weighted by Gasteiger charge is 2.17. The third-order valence-electron chi connectivity index (χ3n) is 4.44. The number of anilines is 3. The number of aromatic nitrogens is 2. The maximum Gasteiger partial charge on any atom is 0.237 e. The van der Waals surface area contributed by atoms with Crippen molar-refractivity contribution in [3.63, 3.8) is 0 Å². The van der Waals surface area contributed by atoms with Gasteiger partial charge in [-0.25, -0.2) is 0 Å². The lowest BCUT2D eigenvalue weighted by Gasteiger charge is -2.10. The molecule has 146 valence electrons. The molecule has 1 atom stereocenters. The fraction of sp³-hybridized carbons (Fsp3) is 0.286. The number of nitrogens with zero attached hydrogens (tertiary/aromatic N) is 2. The lowest BCUT2D eigenvalue weighted by molar-refractivity contribution is -0.115. The van der Waals surface area contributed by atoms with Gasteiger partial charge in [-0.3, -0.25) is 4.79 Å². The highest BCUT2D eigenvalue weighted by molar-refractivity contribution is 8.02. The van der Waals surface area contributed by atoms with Gasteiger partial charge in [0, 0.05) is 11.4 Å². The summed E-state index contributed by atoms with van der Waals surface area (Å²) in [5, 5.41) is 15.1. The van der Waals surface area contributed by atoms with E-state index < -0.39 is 0 Å². The number of aryl methyl sites for hydroxylation is 3. The maximum absolute atomic E-state index is 12.4. The Hall–Kier alpha value is -2.38. The quantitative estimate of drug-likeness (QED) is 0.496. The van der Waals surface area contributed by atoms with Crippen molar-refractivity contribution in [2.45, 2.75) is 43.7 Å². The van der Waals surface area contributed by atoms with Crippen molar-refractivity contribution in [3.8, 4) is 0 Å². The standard InChI is InChI=1S/C21H24N4OS2/c1-5-16-7-10-17(11-8-16)22-19(26)15(4)27-21-25-24-20(28-21)23-18-9-6-13(2)14(3)12-18/h6-12,15H,5H2,1-4H3,(H,22,26)(H,23,24)/t15-/m1/s1. The summed E-state index contributed by atoms with van der Waals surface area (Å²) in [5.74, 6) is -0.0480. The van der Waals surface area contributed by atoms with Gasteiger partial charge in [0.15, 0.2) is 4.34 Å². The summed E-state index contributed by atoms with van der Waals surface area (Å²) in [4.78, 5) is 12.4. The first-order valence-electron chi connectivity index (χ1n) is 9.19.